The third-order valence-electron chi connectivity index (χ3n) is 3.95. The topological polar surface area (TPSA) is 94.9 Å². The second-order valence-corrected chi connectivity index (χ2v) is 7.78. The Bertz CT molecular complexity index is 668. The van der Waals surface area contributed by atoms with Crippen LogP contribution in [0.2, 0.25) is 5.02 Å². The lowest BCUT2D eigenvalue weighted by molar-refractivity contribution is -0.150. The van der Waals surface area contributed by atoms with Crippen LogP contribution in [0.25, 0.3) is 0 Å². The minimum absolute atomic E-state index is 0.194. The van der Waals surface area contributed by atoms with E-state index < -0.39 is 28.0 Å². The lowest BCUT2D eigenvalue weighted by atomic mass is 9.92. The summed E-state index contributed by atoms with van der Waals surface area (Å²) in [5.74, 6) is -1.69. The van der Waals surface area contributed by atoms with Gasteiger partial charge in [0.25, 0.3) is 0 Å². The highest BCUT2D eigenvalue weighted by atomic mass is 35.5. The molecule has 1 saturated heterocycles. The lowest BCUT2D eigenvalue weighted by Gasteiger charge is -2.32. The molecular weight excluding hydrogens is 330 g/mol. The molecule has 8 heteroatoms. The molecular formula is C14H18ClNO5S. The van der Waals surface area contributed by atoms with Gasteiger partial charge in [0.05, 0.1) is 4.90 Å². The minimum atomic E-state index is -3.63. The normalized spacial score (nSPS) is 19.0. The molecule has 1 atom stereocenters. The number of hydrogen-bond acceptors (Lipinski definition) is 4. The number of piperidine rings is 1. The standard InChI is InChI=1S/C14H18ClNO5S/c1-9-8-11(15)2-3-12(9)22(20,21)16-6-4-10(5-7-16)13(17)14(18)19/h2-3,8,10,13,17H,4-7H2,1H3,(H,18,19). The van der Waals surface area contributed by atoms with Crippen LogP contribution in [0.1, 0.15) is 18.4 Å². The van der Waals surface area contributed by atoms with E-state index in [4.69, 9.17) is 16.7 Å². The van der Waals surface area contributed by atoms with Crippen LogP contribution in [0.15, 0.2) is 23.1 Å². The van der Waals surface area contributed by atoms with Gasteiger partial charge in [-0.05, 0) is 49.4 Å². The van der Waals surface area contributed by atoms with Crippen LogP contribution in [0.5, 0.6) is 0 Å². The summed E-state index contributed by atoms with van der Waals surface area (Å²) >= 11 is 5.84. The molecule has 1 aliphatic rings. The summed E-state index contributed by atoms with van der Waals surface area (Å²) in [5, 5.41) is 18.8. The van der Waals surface area contributed by atoms with Gasteiger partial charge in [-0.2, -0.15) is 4.31 Å². The highest BCUT2D eigenvalue weighted by Crippen LogP contribution is 2.28. The quantitative estimate of drug-likeness (QED) is 0.860. The molecule has 0 amide bonds. The van der Waals surface area contributed by atoms with E-state index in [0.717, 1.165) is 0 Å². The largest absolute Gasteiger partial charge is 0.479 e. The number of hydrogen-bond donors (Lipinski definition) is 2. The van der Waals surface area contributed by atoms with E-state index in [1.807, 2.05) is 0 Å². The van der Waals surface area contributed by atoms with Gasteiger partial charge in [-0.25, -0.2) is 13.2 Å². The van der Waals surface area contributed by atoms with E-state index >= 15 is 0 Å². The monoisotopic (exact) mass is 347 g/mol. The second-order valence-electron chi connectivity index (χ2n) is 5.43. The smallest absolute Gasteiger partial charge is 0.332 e. The van der Waals surface area contributed by atoms with Gasteiger partial charge in [0.15, 0.2) is 6.10 Å². The number of aliphatic carboxylic acids is 1. The number of carbonyl (C=O) groups is 1. The molecule has 22 heavy (non-hydrogen) atoms. The van der Waals surface area contributed by atoms with Crippen molar-refractivity contribution in [2.45, 2.75) is 30.8 Å². The fourth-order valence-electron chi connectivity index (χ4n) is 2.67. The zero-order valence-corrected chi connectivity index (χ0v) is 13.6. The Balaban J connectivity index is 2.14. The van der Waals surface area contributed by atoms with Crippen molar-refractivity contribution >= 4 is 27.6 Å². The summed E-state index contributed by atoms with van der Waals surface area (Å²) in [6, 6.07) is 4.60. The van der Waals surface area contributed by atoms with Crippen LogP contribution in [0.3, 0.4) is 0 Å². The van der Waals surface area contributed by atoms with Crippen molar-refractivity contribution < 1.29 is 23.4 Å². The Morgan fingerprint density at radius 2 is 1.95 bits per heavy atom. The molecule has 0 spiro atoms. The van der Waals surface area contributed by atoms with Gasteiger partial charge in [0.2, 0.25) is 10.0 Å². The predicted octanol–water partition coefficient (Wildman–Crippen LogP) is 1.49. The highest BCUT2D eigenvalue weighted by Gasteiger charge is 2.34. The maximum Gasteiger partial charge on any atom is 0.332 e. The number of nitrogens with zero attached hydrogens (tertiary/aromatic N) is 1. The fraction of sp³-hybridized carbons (Fsp3) is 0.500. The summed E-state index contributed by atoms with van der Waals surface area (Å²) in [6.45, 7) is 2.07. The average Bonchev–Trinajstić information content (AvgIpc) is 2.46. The van der Waals surface area contributed by atoms with Gasteiger partial charge < -0.3 is 10.2 Å². The maximum absolute atomic E-state index is 12.6. The zero-order valence-electron chi connectivity index (χ0n) is 12.1. The molecule has 122 valence electrons. The Morgan fingerprint density at radius 3 is 2.45 bits per heavy atom. The van der Waals surface area contributed by atoms with Crippen molar-refractivity contribution in [3.63, 3.8) is 0 Å². The molecule has 1 heterocycles. The summed E-state index contributed by atoms with van der Waals surface area (Å²) < 4.78 is 26.6. The van der Waals surface area contributed by atoms with Crippen LogP contribution in [-0.2, 0) is 14.8 Å². The molecule has 2 rings (SSSR count). The number of carboxylic acid groups (broad SMARTS) is 1. The van der Waals surface area contributed by atoms with Gasteiger partial charge in [-0.3, -0.25) is 0 Å². The molecule has 1 aromatic carbocycles. The van der Waals surface area contributed by atoms with E-state index in [-0.39, 0.29) is 18.0 Å². The van der Waals surface area contributed by atoms with E-state index in [1.54, 1.807) is 13.0 Å². The van der Waals surface area contributed by atoms with Crippen LogP contribution in [0.4, 0.5) is 0 Å². The van der Waals surface area contributed by atoms with Crippen LogP contribution in [-0.4, -0.2) is 48.1 Å². The average molecular weight is 348 g/mol. The Morgan fingerprint density at radius 1 is 1.36 bits per heavy atom. The Kier molecular flexibility index (Phi) is 5.11. The summed E-state index contributed by atoms with van der Waals surface area (Å²) in [5.41, 5.74) is 0.570. The predicted molar refractivity (Wildman–Crippen MR) is 81.3 cm³/mol. The minimum Gasteiger partial charge on any atom is -0.479 e. The number of sulfonamides is 1. The SMILES string of the molecule is Cc1cc(Cl)ccc1S(=O)(=O)N1CCC(C(O)C(=O)O)CC1. The van der Waals surface area contributed by atoms with Gasteiger partial charge in [0, 0.05) is 18.1 Å². The van der Waals surface area contributed by atoms with E-state index in [1.165, 1.54) is 16.4 Å². The molecule has 1 fully saturated rings. The fourth-order valence-corrected chi connectivity index (χ4v) is 4.58. The first kappa shape index (κ1) is 17.2. The molecule has 0 aliphatic carbocycles. The van der Waals surface area contributed by atoms with Crippen molar-refractivity contribution in [1.29, 1.82) is 0 Å². The molecule has 1 unspecified atom stereocenters. The van der Waals surface area contributed by atoms with E-state index in [9.17, 15) is 18.3 Å². The van der Waals surface area contributed by atoms with Crippen molar-refractivity contribution in [2.24, 2.45) is 5.92 Å². The third kappa shape index (κ3) is 3.43. The first-order chi connectivity index (χ1) is 10.2. The highest BCUT2D eigenvalue weighted by molar-refractivity contribution is 7.89. The van der Waals surface area contributed by atoms with Gasteiger partial charge in [-0.1, -0.05) is 11.6 Å². The number of benzene rings is 1. The number of aliphatic hydroxyl groups excluding tert-OH is 1. The third-order valence-corrected chi connectivity index (χ3v) is 6.25. The van der Waals surface area contributed by atoms with Crippen molar-refractivity contribution in [3.8, 4) is 0 Å². The van der Waals surface area contributed by atoms with Gasteiger partial charge in [0.1, 0.15) is 0 Å². The van der Waals surface area contributed by atoms with Crippen LogP contribution >= 0.6 is 11.6 Å². The Labute approximate surface area is 134 Å². The number of rotatable bonds is 4. The molecule has 1 aromatic rings. The van der Waals surface area contributed by atoms with Gasteiger partial charge >= 0.3 is 5.97 Å². The lowest BCUT2D eigenvalue weighted by Crippen LogP contribution is -2.43. The number of aryl methyl sites for hydroxylation is 1. The molecule has 0 aromatic heterocycles. The van der Waals surface area contributed by atoms with Crippen molar-refractivity contribution in [3.05, 3.63) is 28.8 Å². The first-order valence-corrected chi connectivity index (χ1v) is 8.72. The van der Waals surface area contributed by atoms with Crippen molar-refractivity contribution in [1.82, 2.24) is 4.31 Å². The Hall–Kier alpha value is -1.15. The molecule has 6 nitrogen and oxygen atoms in total. The maximum atomic E-state index is 12.6. The summed E-state index contributed by atoms with van der Waals surface area (Å²) in [4.78, 5) is 11.0. The molecule has 0 bridgehead atoms. The first-order valence-electron chi connectivity index (χ1n) is 6.90. The van der Waals surface area contributed by atoms with E-state index in [0.29, 0.717) is 23.4 Å². The number of aliphatic hydroxyl groups is 1. The molecule has 2 N–H and O–H groups in total. The zero-order chi connectivity index (χ0) is 16.5. The van der Waals surface area contributed by atoms with Crippen LogP contribution < -0.4 is 0 Å². The van der Waals surface area contributed by atoms with Crippen molar-refractivity contribution in [2.75, 3.05) is 13.1 Å². The van der Waals surface area contributed by atoms with Gasteiger partial charge in [-0.15, -0.1) is 0 Å². The summed E-state index contributed by atoms with van der Waals surface area (Å²) in [7, 11) is -3.63. The van der Waals surface area contributed by atoms with E-state index in [2.05, 4.69) is 0 Å². The number of halogens is 1. The molecule has 0 radical (unpaired) electrons. The molecule has 0 saturated carbocycles. The summed E-state index contributed by atoms with van der Waals surface area (Å²) in [6.07, 6.45) is -0.805. The van der Waals surface area contributed by atoms with Crippen LogP contribution in [0, 0.1) is 12.8 Å². The molecule has 1 aliphatic heterocycles. The second kappa shape index (κ2) is 6.54. The number of carboxylic acids is 1.